The van der Waals surface area contributed by atoms with E-state index >= 15 is 0 Å². The summed E-state index contributed by atoms with van der Waals surface area (Å²) in [4.78, 5) is 18.3. The molecule has 0 spiro atoms. The average molecular weight is 422 g/mol. The molecule has 0 saturated carbocycles. The molecule has 29 heavy (non-hydrogen) atoms. The predicted octanol–water partition coefficient (Wildman–Crippen LogP) is 1.49. The summed E-state index contributed by atoms with van der Waals surface area (Å²) in [6.07, 6.45) is 3.22. The van der Waals surface area contributed by atoms with E-state index in [2.05, 4.69) is 4.98 Å². The number of imidazole rings is 1. The van der Waals surface area contributed by atoms with Crippen molar-refractivity contribution in [2.24, 2.45) is 0 Å². The number of sulfone groups is 1. The van der Waals surface area contributed by atoms with E-state index in [9.17, 15) is 13.2 Å². The minimum atomic E-state index is -3.60. The fourth-order valence-electron chi connectivity index (χ4n) is 3.61. The number of ether oxygens (including phenoxy) is 2. The van der Waals surface area contributed by atoms with Gasteiger partial charge in [0.1, 0.15) is 6.04 Å². The van der Waals surface area contributed by atoms with Gasteiger partial charge in [0, 0.05) is 13.7 Å². The second kappa shape index (κ2) is 9.51. The third-order valence-corrected chi connectivity index (χ3v) is 6.71. The summed E-state index contributed by atoms with van der Waals surface area (Å²) in [5, 5.41) is 0.0298. The van der Waals surface area contributed by atoms with Gasteiger partial charge in [-0.3, -0.25) is 9.69 Å². The van der Waals surface area contributed by atoms with Crippen LogP contribution in [0.3, 0.4) is 0 Å². The lowest BCUT2D eigenvalue weighted by atomic mass is 10.2. The monoisotopic (exact) mass is 421 g/mol. The summed E-state index contributed by atoms with van der Waals surface area (Å²) in [6.45, 7) is 1.67. The largest absolute Gasteiger partial charge is 0.468 e. The number of carbonyl (C=O) groups is 1. The Labute approximate surface area is 171 Å². The van der Waals surface area contributed by atoms with Crippen LogP contribution in [0.1, 0.15) is 24.1 Å². The van der Waals surface area contributed by atoms with Crippen molar-refractivity contribution in [3.63, 3.8) is 0 Å². The molecule has 0 amide bonds. The molecule has 8 nitrogen and oxygen atoms in total. The maximum absolute atomic E-state index is 12.8. The smallest absolute Gasteiger partial charge is 0.323 e. The summed E-state index contributed by atoms with van der Waals surface area (Å²) < 4.78 is 37.2. The van der Waals surface area contributed by atoms with Crippen molar-refractivity contribution < 1.29 is 22.7 Å². The fraction of sp³-hybridized carbons (Fsp3) is 0.500. The molecule has 9 heteroatoms. The first-order valence-electron chi connectivity index (χ1n) is 9.58. The van der Waals surface area contributed by atoms with Crippen LogP contribution in [0.2, 0.25) is 0 Å². The van der Waals surface area contributed by atoms with E-state index in [-0.39, 0.29) is 29.5 Å². The molecular formula is C20H27N3O5S. The predicted molar refractivity (Wildman–Crippen MR) is 107 cm³/mol. The Morgan fingerprint density at radius 1 is 1.21 bits per heavy atom. The lowest BCUT2D eigenvalue weighted by Crippen LogP contribution is -2.37. The maximum atomic E-state index is 12.8. The number of rotatable bonds is 9. The summed E-state index contributed by atoms with van der Waals surface area (Å²) >= 11 is 0. The first-order chi connectivity index (χ1) is 14.0. The number of carbonyl (C=O) groups excluding carboxylic acids is 1. The van der Waals surface area contributed by atoms with Gasteiger partial charge in [0.15, 0.2) is 0 Å². The molecule has 1 fully saturated rings. The number of hydrogen-bond acceptors (Lipinski definition) is 7. The molecule has 1 aromatic carbocycles. The number of aromatic nitrogens is 2. The van der Waals surface area contributed by atoms with Crippen LogP contribution in [0.15, 0.2) is 41.7 Å². The zero-order valence-corrected chi connectivity index (χ0v) is 17.6. The van der Waals surface area contributed by atoms with Crippen LogP contribution in [-0.2, 0) is 37.2 Å². The zero-order valence-electron chi connectivity index (χ0n) is 16.8. The van der Waals surface area contributed by atoms with Crippen molar-refractivity contribution in [1.82, 2.24) is 14.5 Å². The standard InChI is InChI=1S/C20H27N3O5S/c1-27-11-12-29(25,26)20-21-13-17(23(20)14-16-7-4-3-5-8-16)15-22-10-6-9-18(22)19(24)28-2/h3-5,7-8,13,18H,6,9-12,14-15H2,1-2H3/t18-/m0/s1. The van der Waals surface area contributed by atoms with Gasteiger partial charge in [-0.25, -0.2) is 13.4 Å². The van der Waals surface area contributed by atoms with Crippen molar-refractivity contribution in [1.29, 1.82) is 0 Å². The number of benzene rings is 1. The van der Waals surface area contributed by atoms with Gasteiger partial charge in [0.2, 0.25) is 15.0 Å². The molecule has 0 aliphatic carbocycles. The number of hydrogen-bond donors (Lipinski definition) is 0. The van der Waals surface area contributed by atoms with E-state index in [4.69, 9.17) is 9.47 Å². The molecule has 2 aromatic rings. The second-order valence-corrected chi connectivity index (χ2v) is 9.07. The van der Waals surface area contributed by atoms with E-state index in [1.54, 1.807) is 10.8 Å². The highest BCUT2D eigenvalue weighted by Crippen LogP contribution is 2.23. The highest BCUT2D eigenvalue weighted by molar-refractivity contribution is 7.91. The number of nitrogens with zero attached hydrogens (tertiary/aromatic N) is 3. The fourth-order valence-corrected chi connectivity index (χ4v) is 4.91. The molecule has 1 saturated heterocycles. The van der Waals surface area contributed by atoms with Gasteiger partial charge in [0.05, 0.1) is 37.9 Å². The molecule has 1 aliphatic heterocycles. The van der Waals surface area contributed by atoms with Crippen molar-refractivity contribution in [3.05, 3.63) is 47.8 Å². The Bertz CT molecular complexity index is 927. The molecule has 0 radical (unpaired) electrons. The molecule has 1 aliphatic rings. The Morgan fingerprint density at radius 2 is 1.97 bits per heavy atom. The van der Waals surface area contributed by atoms with Gasteiger partial charge < -0.3 is 14.0 Å². The number of esters is 1. The topological polar surface area (TPSA) is 90.7 Å². The highest BCUT2D eigenvalue weighted by atomic mass is 32.2. The van der Waals surface area contributed by atoms with Gasteiger partial charge in [-0.05, 0) is 24.9 Å². The molecule has 0 unspecified atom stereocenters. The molecule has 0 N–H and O–H groups in total. The van der Waals surface area contributed by atoms with Crippen molar-refractivity contribution >= 4 is 15.8 Å². The van der Waals surface area contributed by atoms with Crippen LogP contribution in [-0.4, -0.2) is 68.0 Å². The quantitative estimate of drug-likeness (QED) is 0.567. The molecule has 158 valence electrons. The normalized spacial score (nSPS) is 17.5. The van der Waals surface area contributed by atoms with Crippen LogP contribution in [0.5, 0.6) is 0 Å². The number of methoxy groups -OCH3 is 2. The van der Waals surface area contributed by atoms with Crippen molar-refractivity contribution in [2.75, 3.05) is 33.1 Å². The molecule has 0 bridgehead atoms. The third kappa shape index (κ3) is 5.04. The zero-order chi connectivity index (χ0) is 20.9. The second-order valence-electron chi connectivity index (χ2n) is 7.07. The minimum Gasteiger partial charge on any atom is -0.468 e. The van der Waals surface area contributed by atoms with Crippen LogP contribution in [0.25, 0.3) is 0 Å². The maximum Gasteiger partial charge on any atom is 0.323 e. The van der Waals surface area contributed by atoms with E-state index < -0.39 is 9.84 Å². The Morgan fingerprint density at radius 3 is 2.66 bits per heavy atom. The molecule has 1 atom stereocenters. The van der Waals surface area contributed by atoms with Gasteiger partial charge in [-0.15, -0.1) is 0 Å². The van der Waals surface area contributed by atoms with Crippen LogP contribution in [0.4, 0.5) is 0 Å². The average Bonchev–Trinajstić information content (AvgIpc) is 3.35. The van der Waals surface area contributed by atoms with E-state index in [0.717, 1.165) is 30.6 Å². The van der Waals surface area contributed by atoms with E-state index in [1.807, 2.05) is 35.2 Å². The summed E-state index contributed by atoms with van der Waals surface area (Å²) in [5.41, 5.74) is 1.72. The lowest BCUT2D eigenvalue weighted by Gasteiger charge is -2.23. The van der Waals surface area contributed by atoms with Crippen molar-refractivity contribution in [2.45, 2.75) is 37.1 Å². The Kier molecular flexibility index (Phi) is 7.05. The summed E-state index contributed by atoms with van der Waals surface area (Å²) in [6, 6.07) is 9.33. The van der Waals surface area contributed by atoms with Gasteiger partial charge in [-0.1, -0.05) is 30.3 Å². The lowest BCUT2D eigenvalue weighted by molar-refractivity contribution is -0.146. The highest BCUT2D eigenvalue weighted by Gasteiger charge is 2.33. The molecule has 2 heterocycles. The van der Waals surface area contributed by atoms with Crippen LogP contribution >= 0.6 is 0 Å². The van der Waals surface area contributed by atoms with Gasteiger partial charge in [0.25, 0.3) is 0 Å². The first kappa shape index (κ1) is 21.5. The van der Waals surface area contributed by atoms with Crippen LogP contribution in [0, 0.1) is 0 Å². The number of likely N-dealkylation sites (tertiary alicyclic amines) is 1. The van der Waals surface area contributed by atoms with E-state index in [0.29, 0.717) is 13.1 Å². The SMILES string of the molecule is COCCS(=O)(=O)c1ncc(CN2CCC[C@H]2C(=O)OC)n1Cc1ccccc1. The summed E-state index contributed by atoms with van der Waals surface area (Å²) in [5.74, 6) is -0.395. The van der Waals surface area contributed by atoms with Crippen LogP contribution < -0.4 is 0 Å². The Balaban J connectivity index is 1.93. The van der Waals surface area contributed by atoms with Gasteiger partial charge in [-0.2, -0.15) is 0 Å². The third-order valence-electron chi connectivity index (χ3n) is 5.12. The molecular weight excluding hydrogens is 394 g/mol. The summed E-state index contributed by atoms with van der Waals surface area (Å²) in [7, 11) is -0.746. The van der Waals surface area contributed by atoms with Crippen molar-refractivity contribution in [3.8, 4) is 0 Å². The first-order valence-corrected chi connectivity index (χ1v) is 11.2. The molecule has 1 aromatic heterocycles. The molecule has 3 rings (SSSR count). The van der Waals surface area contributed by atoms with E-state index in [1.165, 1.54) is 14.2 Å². The Hall–Kier alpha value is -2.23. The van der Waals surface area contributed by atoms with Gasteiger partial charge >= 0.3 is 5.97 Å². The minimum absolute atomic E-state index is 0.0298.